The molecule has 0 bridgehead atoms. The summed E-state index contributed by atoms with van der Waals surface area (Å²) in [6.07, 6.45) is 0.666. The first-order valence-corrected chi connectivity index (χ1v) is 8.80. The van der Waals surface area contributed by atoms with Crippen molar-refractivity contribution < 1.29 is 24.1 Å². The summed E-state index contributed by atoms with van der Waals surface area (Å²) in [6.45, 7) is 3.62. The van der Waals surface area contributed by atoms with Crippen LogP contribution in [0.3, 0.4) is 0 Å². The molecule has 8 heteroatoms. The SMILES string of the molecule is CC[C@@H](CO)Nc1cc(C)nc(Oc2ccc(Cl)cc2OC)c1C(=O)OC. The Hall–Kier alpha value is -2.51. The third-order valence-corrected chi connectivity index (χ3v) is 4.14. The molecular weight excluding hydrogens is 372 g/mol. The Bertz CT molecular complexity index is 809. The summed E-state index contributed by atoms with van der Waals surface area (Å²) in [7, 11) is 2.77. The molecule has 1 aromatic heterocycles. The smallest absolute Gasteiger partial charge is 0.345 e. The Morgan fingerprint density at radius 3 is 2.63 bits per heavy atom. The van der Waals surface area contributed by atoms with Gasteiger partial charge in [-0.3, -0.25) is 0 Å². The highest BCUT2D eigenvalue weighted by Crippen LogP contribution is 2.36. The molecule has 0 fully saturated rings. The van der Waals surface area contributed by atoms with E-state index in [4.69, 9.17) is 25.8 Å². The van der Waals surface area contributed by atoms with E-state index in [1.807, 2.05) is 6.92 Å². The van der Waals surface area contributed by atoms with E-state index in [0.717, 1.165) is 0 Å². The number of aliphatic hydroxyl groups is 1. The van der Waals surface area contributed by atoms with Crippen LogP contribution < -0.4 is 14.8 Å². The number of aliphatic hydroxyl groups excluding tert-OH is 1. The van der Waals surface area contributed by atoms with Crippen molar-refractivity contribution in [3.8, 4) is 17.4 Å². The van der Waals surface area contributed by atoms with E-state index < -0.39 is 5.97 Å². The van der Waals surface area contributed by atoms with Gasteiger partial charge in [0.15, 0.2) is 11.5 Å². The van der Waals surface area contributed by atoms with Gasteiger partial charge in [0.25, 0.3) is 0 Å². The summed E-state index contributed by atoms with van der Waals surface area (Å²) in [5.41, 5.74) is 1.23. The molecule has 2 rings (SSSR count). The van der Waals surface area contributed by atoms with E-state index >= 15 is 0 Å². The van der Waals surface area contributed by atoms with Crippen molar-refractivity contribution in [2.75, 3.05) is 26.1 Å². The lowest BCUT2D eigenvalue weighted by atomic mass is 10.1. The number of aryl methyl sites for hydroxylation is 1. The molecule has 0 spiro atoms. The van der Waals surface area contributed by atoms with E-state index in [1.54, 1.807) is 31.2 Å². The maximum atomic E-state index is 12.4. The average molecular weight is 395 g/mol. The minimum atomic E-state index is -0.610. The van der Waals surface area contributed by atoms with Crippen molar-refractivity contribution in [1.29, 1.82) is 0 Å². The number of rotatable bonds is 8. The third-order valence-electron chi connectivity index (χ3n) is 3.91. The molecule has 0 amide bonds. The molecule has 0 aliphatic heterocycles. The standard InChI is InChI=1S/C19H23ClN2O5/c1-5-13(10-23)22-14-8-11(2)21-18(17(14)19(24)26-4)27-15-7-6-12(20)9-16(15)25-3/h6-9,13,23H,5,10H2,1-4H3,(H,21,22)/t13-/m0/s1. The number of ether oxygens (including phenoxy) is 3. The van der Waals surface area contributed by atoms with Crippen molar-refractivity contribution in [3.63, 3.8) is 0 Å². The Kier molecular flexibility index (Phi) is 7.27. The lowest BCUT2D eigenvalue weighted by Crippen LogP contribution is -2.24. The highest BCUT2D eigenvalue weighted by atomic mass is 35.5. The average Bonchev–Trinajstić information content (AvgIpc) is 2.66. The summed E-state index contributed by atoms with van der Waals surface area (Å²) in [6, 6.07) is 6.35. The number of halogens is 1. The quantitative estimate of drug-likeness (QED) is 0.658. The van der Waals surface area contributed by atoms with Crippen LogP contribution in [0.4, 0.5) is 5.69 Å². The fraction of sp³-hybridized carbons (Fsp3) is 0.368. The molecule has 2 N–H and O–H groups in total. The maximum Gasteiger partial charge on any atom is 0.345 e. The van der Waals surface area contributed by atoms with E-state index in [1.165, 1.54) is 14.2 Å². The second-order valence-corrected chi connectivity index (χ2v) is 6.25. The minimum absolute atomic E-state index is 0.0674. The number of anilines is 1. The Labute approximate surface area is 163 Å². The third kappa shape index (κ3) is 5.02. The fourth-order valence-electron chi connectivity index (χ4n) is 2.46. The van der Waals surface area contributed by atoms with Gasteiger partial charge in [0.05, 0.1) is 26.5 Å². The molecule has 0 saturated heterocycles. The van der Waals surface area contributed by atoms with Gasteiger partial charge >= 0.3 is 5.97 Å². The first kappa shape index (κ1) is 20.8. The van der Waals surface area contributed by atoms with Gasteiger partial charge in [-0.1, -0.05) is 18.5 Å². The molecular formula is C19H23ClN2O5. The predicted octanol–water partition coefficient (Wildman–Crippen LogP) is 3.81. The maximum absolute atomic E-state index is 12.4. The second-order valence-electron chi connectivity index (χ2n) is 5.81. The number of hydrogen-bond donors (Lipinski definition) is 2. The second kappa shape index (κ2) is 9.43. The lowest BCUT2D eigenvalue weighted by molar-refractivity contribution is 0.0598. The summed E-state index contributed by atoms with van der Waals surface area (Å²) in [4.78, 5) is 16.8. The number of aromatic nitrogens is 1. The van der Waals surface area contributed by atoms with Crippen molar-refractivity contribution in [3.05, 3.63) is 40.5 Å². The minimum Gasteiger partial charge on any atom is -0.493 e. The van der Waals surface area contributed by atoms with Crippen LogP contribution in [0, 0.1) is 6.92 Å². The van der Waals surface area contributed by atoms with Gasteiger partial charge in [-0.25, -0.2) is 9.78 Å². The molecule has 0 saturated carbocycles. The van der Waals surface area contributed by atoms with Gasteiger partial charge < -0.3 is 24.6 Å². The Morgan fingerprint density at radius 2 is 2.04 bits per heavy atom. The van der Waals surface area contributed by atoms with Gasteiger partial charge in [0, 0.05) is 22.8 Å². The number of hydrogen-bond acceptors (Lipinski definition) is 7. The Balaban J connectivity index is 2.54. The van der Waals surface area contributed by atoms with Gasteiger partial charge in [-0.05, 0) is 31.5 Å². The number of nitrogens with zero attached hydrogens (tertiary/aromatic N) is 1. The predicted molar refractivity (Wildman–Crippen MR) is 103 cm³/mol. The number of benzene rings is 1. The number of methoxy groups -OCH3 is 2. The first-order valence-electron chi connectivity index (χ1n) is 8.42. The molecule has 0 aliphatic carbocycles. The van der Waals surface area contributed by atoms with Crippen molar-refractivity contribution in [1.82, 2.24) is 4.98 Å². The van der Waals surface area contributed by atoms with Gasteiger partial charge in [-0.15, -0.1) is 0 Å². The van der Waals surface area contributed by atoms with E-state index in [9.17, 15) is 9.90 Å². The van der Waals surface area contributed by atoms with E-state index in [-0.39, 0.29) is 24.1 Å². The lowest BCUT2D eigenvalue weighted by Gasteiger charge is -2.20. The molecule has 1 heterocycles. The number of carbonyl (C=O) groups is 1. The summed E-state index contributed by atoms with van der Waals surface area (Å²) in [5.74, 6) is 0.210. The van der Waals surface area contributed by atoms with Crippen LogP contribution in [-0.4, -0.2) is 42.9 Å². The van der Waals surface area contributed by atoms with E-state index in [2.05, 4.69) is 10.3 Å². The molecule has 7 nitrogen and oxygen atoms in total. The zero-order chi connectivity index (χ0) is 20.0. The van der Waals surface area contributed by atoms with E-state index in [0.29, 0.717) is 34.3 Å². The van der Waals surface area contributed by atoms with Gasteiger partial charge in [0.1, 0.15) is 5.56 Å². The highest BCUT2D eigenvalue weighted by Gasteiger charge is 2.24. The molecule has 0 radical (unpaired) electrons. The van der Waals surface area contributed by atoms with Crippen molar-refractivity contribution in [2.24, 2.45) is 0 Å². The van der Waals surface area contributed by atoms with Gasteiger partial charge in [-0.2, -0.15) is 0 Å². The number of nitrogens with one attached hydrogen (secondary N) is 1. The summed E-state index contributed by atoms with van der Waals surface area (Å²) < 4.78 is 16.1. The largest absolute Gasteiger partial charge is 0.493 e. The van der Waals surface area contributed by atoms with Crippen LogP contribution in [0.2, 0.25) is 5.02 Å². The van der Waals surface area contributed by atoms with Crippen LogP contribution in [0.15, 0.2) is 24.3 Å². The van der Waals surface area contributed by atoms with Crippen molar-refractivity contribution >= 4 is 23.3 Å². The molecule has 1 aromatic carbocycles. The zero-order valence-electron chi connectivity index (χ0n) is 15.7. The first-order chi connectivity index (χ1) is 12.9. The van der Waals surface area contributed by atoms with Crippen molar-refractivity contribution in [2.45, 2.75) is 26.3 Å². The van der Waals surface area contributed by atoms with Crippen LogP contribution in [0.1, 0.15) is 29.4 Å². The number of esters is 1. The normalized spacial score (nSPS) is 11.6. The summed E-state index contributed by atoms with van der Waals surface area (Å²) in [5, 5.41) is 13.1. The van der Waals surface area contributed by atoms with Crippen LogP contribution in [0.5, 0.6) is 17.4 Å². The molecule has 0 aliphatic rings. The molecule has 1 atom stereocenters. The topological polar surface area (TPSA) is 89.9 Å². The van der Waals surface area contributed by atoms with Gasteiger partial charge in [0.2, 0.25) is 5.88 Å². The fourth-order valence-corrected chi connectivity index (χ4v) is 2.62. The molecule has 146 valence electrons. The van der Waals surface area contributed by atoms with Crippen LogP contribution >= 0.6 is 11.6 Å². The number of carbonyl (C=O) groups excluding carboxylic acids is 1. The monoisotopic (exact) mass is 394 g/mol. The zero-order valence-corrected chi connectivity index (χ0v) is 16.5. The highest BCUT2D eigenvalue weighted by molar-refractivity contribution is 6.30. The Morgan fingerprint density at radius 1 is 1.30 bits per heavy atom. The van der Waals surface area contributed by atoms with Crippen LogP contribution in [-0.2, 0) is 4.74 Å². The molecule has 27 heavy (non-hydrogen) atoms. The number of pyridine rings is 1. The molecule has 0 unspecified atom stereocenters. The summed E-state index contributed by atoms with van der Waals surface area (Å²) >= 11 is 5.98. The molecule has 2 aromatic rings. The van der Waals surface area contributed by atoms with Crippen LogP contribution in [0.25, 0.3) is 0 Å².